The summed E-state index contributed by atoms with van der Waals surface area (Å²) in [5, 5.41) is 2.81. The molecule has 14 heavy (non-hydrogen) atoms. The number of carbonyl (C=O) groups excluding carboxylic acids is 1. The van der Waals surface area contributed by atoms with Crippen LogP contribution >= 0.6 is 11.8 Å². The van der Waals surface area contributed by atoms with Gasteiger partial charge in [-0.05, 0) is 24.3 Å². The van der Waals surface area contributed by atoms with Crippen molar-refractivity contribution in [2.75, 3.05) is 24.7 Å². The molecule has 4 nitrogen and oxygen atoms in total. The third-order valence-electron chi connectivity index (χ3n) is 1.69. The molecule has 84 valence electrons. The molecular weight excluding hydrogens is 200 g/mol. The number of thioether (sulfide) groups is 1. The SMILES string of the molecule is CCSCCCCNC(=O)CCON. The van der Waals surface area contributed by atoms with Crippen LogP contribution in [0, 0.1) is 0 Å². The molecule has 0 aromatic carbocycles. The largest absolute Gasteiger partial charge is 0.356 e. The summed E-state index contributed by atoms with van der Waals surface area (Å²) in [5.41, 5.74) is 0. The maximum absolute atomic E-state index is 11.0. The standard InChI is InChI=1S/C9H20N2O2S/c1-2-14-8-4-3-6-11-9(12)5-7-13-10/h2-8,10H2,1H3,(H,11,12). The van der Waals surface area contributed by atoms with E-state index in [1.807, 2.05) is 11.8 Å². The van der Waals surface area contributed by atoms with Crippen molar-refractivity contribution in [3.05, 3.63) is 0 Å². The normalized spacial score (nSPS) is 10.1. The maximum Gasteiger partial charge on any atom is 0.222 e. The Morgan fingerprint density at radius 3 is 2.93 bits per heavy atom. The van der Waals surface area contributed by atoms with Crippen LogP contribution in [-0.4, -0.2) is 30.6 Å². The maximum atomic E-state index is 11.0. The smallest absolute Gasteiger partial charge is 0.222 e. The molecule has 0 aromatic heterocycles. The van der Waals surface area contributed by atoms with Crippen LogP contribution in [0.1, 0.15) is 26.2 Å². The van der Waals surface area contributed by atoms with E-state index in [9.17, 15) is 4.79 Å². The van der Waals surface area contributed by atoms with Crippen LogP contribution in [0.25, 0.3) is 0 Å². The quantitative estimate of drug-likeness (QED) is 0.448. The van der Waals surface area contributed by atoms with E-state index in [1.165, 1.54) is 11.5 Å². The Bertz CT molecular complexity index is 145. The van der Waals surface area contributed by atoms with Crippen molar-refractivity contribution >= 4 is 17.7 Å². The third kappa shape index (κ3) is 9.83. The molecule has 0 aliphatic heterocycles. The highest BCUT2D eigenvalue weighted by Crippen LogP contribution is 2.02. The Hall–Kier alpha value is -0.260. The van der Waals surface area contributed by atoms with Gasteiger partial charge in [-0.3, -0.25) is 4.79 Å². The number of amides is 1. The van der Waals surface area contributed by atoms with Gasteiger partial charge in [0.25, 0.3) is 0 Å². The summed E-state index contributed by atoms with van der Waals surface area (Å²) < 4.78 is 0. The molecule has 1 amide bonds. The van der Waals surface area contributed by atoms with Gasteiger partial charge in [0.2, 0.25) is 5.91 Å². The van der Waals surface area contributed by atoms with Gasteiger partial charge in [0.15, 0.2) is 0 Å². The summed E-state index contributed by atoms with van der Waals surface area (Å²) in [4.78, 5) is 15.3. The average molecular weight is 220 g/mol. The molecule has 0 spiro atoms. The number of unbranched alkanes of at least 4 members (excludes halogenated alkanes) is 1. The number of hydrogen-bond donors (Lipinski definition) is 2. The van der Waals surface area contributed by atoms with Crippen molar-refractivity contribution in [1.82, 2.24) is 5.32 Å². The minimum absolute atomic E-state index is 0.0126. The zero-order valence-corrected chi connectivity index (χ0v) is 9.57. The number of nitrogens with two attached hydrogens (primary N) is 1. The van der Waals surface area contributed by atoms with Gasteiger partial charge in [-0.15, -0.1) is 0 Å². The molecule has 0 rings (SSSR count). The minimum Gasteiger partial charge on any atom is -0.356 e. The Labute approximate surface area is 89.9 Å². The van der Waals surface area contributed by atoms with Crippen molar-refractivity contribution in [3.63, 3.8) is 0 Å². The molecule has 3 N–H and O–H groups in total. The summed E-state index contributed by atoms with van der Waals surface area (Å²) in [6, 6.07) is 0. The van der Waals surface area contributed by atoms with Crippen LogP contribution in [0.3, 0.4) is 0 Å². The summed E-state index contributed by atoms with van der Waals surface area (Å²) in [7, 11) is 0. The van der Waals surface area contributed by atoms with E-state index < -0.39 is 0 Å². The molecule has 0 radical (unpaired) electrons. The van der Waals surface area contributed by atoms with Gasteiger partial charge < -0.3 is 10.2 Å². The number of hydrogen-bond acceptors (Lipinski definition) is 4. The zero-order valence-electron chi connectivity index (χ0n) is 8.75. The summed E-state index contributed by atoms with van der Waals surface area (Å²) in [6.07, 6.45) is 2.55. The lowest BCUT2D eigenvalue weighted by Crippen LogP contribution is -2.25. The molecule has 0 aliphatic rings. The molecule has 0 heterocycles. The zero-order chi connectivity index (χ0) is 10.6. The van der Waals surface area contributed by atoms with E-state index in [2.05, 4.69) is 17.1 Å². The van der Waals surface area contributed by atoms with Gasteiger partial charge in [0, 0.05) is 6.54 Å². The van der Waals surface area contributed by atoms with Crippen LogP contribution in [0.5, 0.6) is 0 Å². The van der Waals surface area contributed by atoms with Gasteiger partial charge in [0.05, 0.1) is 13.0 Å². The number of carbonyl (C=O) groups is 1. The Balaban J connectivity index is 3.07. The van der Waals surface area contributed by atoms with Crippen LogP contribution in [0.2, 0.25) is 0 Å². The number of rotatable bonds is 9. The highest BCUT2D eigenvalue weighted by Gasteiger charge is 1.98. The molecule has 0 fully saturated rings. The predicted molar refractivity (Wildman–Crippen MR) is 60.0 cm³/mol. The van der Waals surface area contributed by atoms with Crippen LogP contribution in [-0.2, 0) is 9.63 Å². The van der Waals surface area contributed by atoms with Crippen LogP contribution in [0.4, 0.5) is 0 Å². The Morgan fingerprint density at radius 2 is 2.29 bits per heavy atom. The molecule has 0 unspecified atom stereocenters. The summed E-state index contributed by atoms with van der Waals surface area (Å²) >= 11 is 1.93. The molecule has 0 saturated carbocycles. The van der Waals surface area contributed by atoms with Crippen molar-refractivity contribution < 1.29 is 9.63 Å². The molecule has 0 atom stereocenters. The lowest BCUT2D eigenvalue weighted by Gasteiger charge is -2.03. The molecule has 5 heteroatoms. The second kappa shape index (κ2) is 10.8. The molecule has 0 aliphatic carbocycles. The van der Waals surface area contributed by atoms with Crippen LogP contribution in [0.15, 0.2) is 0 Å². The third-order valence-corrected chi connectivity index (χ3v) is 2.67. The predicted octanol–water partition coefficient (Wildman–Crippen LogP) is 0.916. The van der Waals surface area contributed by atoms with Gasteiger partial charge in [-0.2, -0.15) is 11.8 Å². The average Bonchev–Trinajstić information content (AvgIpc) is 2.20. The first-order chi connectivity index (χ1) is 6.81. The van der Waals surface area contributed by atoms with E-state index in [0.29, 0.717) is 6.42 Å². The van der Waals surface area contributed by atoms with E-state index >= 15 is 0 Å². The summed E-state index contributed by atoms with van der Waals surface area (Å²) in [5.74, 6) is 7.16. The van der Waals surface area contributed by atoms with Gasteiger partial charge in [-0.25, -0.2) is 5.90 Å². The second-order valence-corrected chi connectivity index (χ2v) is 4.27. The fourth-order valence-corrected chi connectivity index (χ4v) is 1.64. The van der Waals surface area contributed by atoms with Crippen molar-refractivity contribution in [2.24, 2.45) is 5.90 Å². The van der Waals surface area contributed by atoms with Gasteiger partial charge in [-0.1, -0.05) is 6.92 Å². The topological polar surface area (TPSA) is 64.3 Å². The highest BCUT2D eigenvalue weighted by molar-refractivity contribution is 7.99. The number of nitrogens with one attached hydrogen (secondary N) is 1. The van der Waals surface area contributed by atoms with E-state index in [4.69, 9.17) is 5.90 Å². The Kier molecular flexibility index (Phi) is 10.6. The Morgan fingerprint density at radius 1 is 1.50 bits per heavy atom. The fourth-order valence-electron chi connectivity index (χ4n) is 0.941. The molecule has 0 bridgehead atoms. The minimum atomic E-state index is 0.0126. The highest BCUT2D eigenvalue weighted by atomic mass is 32.2. The van der Waals surface area contributed by atoms with Gasteiger partial charge >= 0.3 is 0 Å². The second-order valence-electron chi connectivity index (χ2n) is 2.87. The van der Waals surface area contributed by atoms with E-state index in [0.717, 1.165) is 19.4 Å². The first-order valence-corrected chi connectivity index (χ1v) is 6.12. The monoisotopic (exact) mass is 220 g/mol. The van der Waals surface area contributed by atoms with Crippen molar-refractivity contribution in [2.45, 2.75) is 26.2 Å². The van der Waals surface area contributed by atoms with Gasteiger partial charge in [0.1, 0.15) is 0 Å². The van der Waals surface area contributed by atoms with Crippen molar-refractivity contribution in [1.29, 1.82) is 0 Å². The van der Waals surface area contributed by atoms with E-state index in [-0.39, 0.29) is 12.5 Å². The lowest BCUT2D eigenvalue weighted by atomic mass is 10.3. The molecule has 0 aromatic rings. The molecule has 0 saturated heterocycles. The molecular formula is C9H20N2O2S. The van der Waals surface area contributed by atoms with E-state index in [1.54, 1.807) is 0 Å². The van der Waals surface area contributed by atoms with Crippen molar-refractivity contribution in [3.8, 4) is 0 Å². The van der Waals surface area contributed by atoms with Crippen LogP contribution < -0.4 is 11.2 Å². The summed E-state index contributed by atoms with van der Waals surface area (Å²) in [6.45, 7) is 3.20. The fraction of sp³-hybridized carbons (Fsp3) is 0.889. The first kappa shape index (κ1) is 13.7. The first-order valence-electron chi connectivity index (χ1n) is 4.97. The lowest BCUT2D eigenvalue weighted by molar-refractivity contribution is -0.122.